The lowest BCUT2D eigenvalue weighted by atomic mass is 10.0. The molecular weight excluding hydrogens is 461 g/mol. The molecular formula is C22H28IN5. The smallest absolute Gasteiger partial charge is 0.191 e. The summed E-state index contributed by atoms with van der Waals surface area (Å²) in [7, 11) is 0. The van der Waals surface area contributed by atoms with Gasteiger partial charge in [0.05, 0.1) is 18.2 Å². The maximum Gasteiger partial charge on any atom is 0.191 e. The number of aliphatic imine (C=N–C) groups is 1. The molecule has 2 aromatic carbocycles. The molecule has 28 heavy (non-hydrogen) atoms. The average molecular weight is 489 g/mol. The lowest BCUT2D eigenvalue weighted by Crippen LogP contribution is -2.48. The number of nitriles is 1. The first-order valence-corrected chi connectivity index (χ1v) is 9.62. The molecule has 6 heteroatoms. The maximum atomic E-state index is 8.89. The van der Waals surface area contributed by atoms with Crippen molar-refractivity contribution in [2.75, 3.05) is 24.5 Å². The van der Waals surface area contributed by atoms with Crippen molar-refractivity contribution >= 4 is 35.6 Å². The van der Waals surface area contributed by atoms with Gasteiger partial charge < -0.3 is 15.5 Å². The number of hydrogen-bond donors (Lipinski definition) is 2. The lowest BCUT2D eigenvalue weighted by molar-refractivity contribution is 0.461. The molecule has 0 aliphatic carbocycles. The van der Waals surface area contributed by atoms with Gasteiger partial charge in [0.15, 0.2) is 5.96 Å². The van der Waals surface area contributed by atoms with E-state index in [4.69, 9.17) is 10.3 Å². The van der Waals surface area contributed by atoms with Gasteiger partial charge in [0.1, 0.15) is 0 Å². The van der Waals surface area contributed by atoms with Crippen molar-refractivity contribution in [2.24, 2.45) is 4.99 Å². The molecule has 0 amide bonds. The topological polar surface area (TPSA) is 63.5 Å². The van der Waals surface area contributed by atoms with E-state index in [1.54, 1.807) is 0 Å². The molecule has 1 heterocycles. The Morgan fingerprint density at radius 3 is 2.39 bits per heavy atom. The van der Waals surface area contributed by atoms with E-state index in [2.05, 4.69) is 58.9 Å². The number of rotatable bonds is 5. The highest BCUT2D eigenvalue weighted by Gasteiger charge is 2.20. The number of halogens is 1. The summed E-state index contributed by atoms with van der Waals surface area (Å²) < 4.78 is 0. The van der Waals surface area contributed by atoms with Gasteiger partial charge in [-0.3, -0.25) is 0 Å². The summed E-state index contributed by atoms with van der Waals surface area (Å²) in [5.41, 5.74) is 3.08. The Morgan fingerprint density at radius 1 is 1.11 bits per heavy atom. The average Bonchev–Trinajstić information content (AvgIpc) is 2.74. The number of anilines is 1. The number of nitrogens with zero attached hydrogens (tertiary/aromatic N) is 3. The van der Waals surface area contributed by atoms with Gasteiger partial charge in [0.25, 0.3) is 0 Å². The van der Waals surface area contributed by atoms with E-state index in [1.165, 1.54) is 5.69 Å². The van der Waals surface area contributed by atoms with Gasteiger partial charge in [0, 0.05) is 31.4 Å². The second kappa shape index (κ2) is 11.5. The van der Waals surface area contributed by atoms with E-state index >= 15 is 0 Å². The zero-order valence-electron chi connectivity index (χ0n) is 16.3. The van der Waals surface area contributed by atoms with Crippen LogP contribution in [0.15, 0.2) is 59.6 Å². The molecule has 1 fully saturated rings. The van der Waals surface area contributed by atoms with Crippen LogP contribution in [0.1, 0.15) is 30.9 Å². The zero-order valence-corrected chi connectivity index (χ0v) is 18.6. The van der Waals surface area contributed by atoms with Gasteiger partial charge in [-0.15, -0.1) is 24.0 Å². The van der Waals surface area contributed by atoms with Crippen LogP contribution in [-0.4, -0.2) is 31.6 Å². The van der Waals surface area contributed by atoms with Crippen molar-refractivity contribution in [1.29, 1.82) is 5.26 Å². The molecule has 1 saturated heterocycles. The number of hydrogen-bond acceptors (Lipinski definition) is 3. The van der Waals surface area contributed by atoms with Crippen LogP contribution in [-0.2, 0) is 6.54 Å². The van der Waals surface area contributed by atoms with E-state index in [1.807, 2.05) is 24.3 Å². The van der Waals surface area contributed by atoms with Crippen LogP contribution in [0, 0.1) is 11.3 Å². The standard InChI is InChI=1S/C22H27N5.HI/c1-2-24-22(25-17-19-10-8-18(16-23)9-11-19)26-20-12-14-27(15-13-20)21-6-4-3-5-7-21;/h3-11,20H,2,12-15,17H2,1H3,(H2,24,25,26);1H. The fourth-order valence-corrected chi connectivity index (χ4v) is 3.29. The van der Waals surface area contributed by atoms with Crippen LogP contribution >= 0.6 is 24.0 Å². The fraction of sp³-hybridized carbons (Fsp3) is 0.364. The summed E-state index contributed by atoms with van der Waals surface area (Å²) in [6.07, 6.45) is 2.19. The van der Waals surface area contributed by atoms with Crippen LogP contribution in [0.3, 0.4) is 0 Å². The van der Waals surface area contributed by atoms with Crippen molar-refractivity contribution < 1.29 is 0 Å². The van der Waals surface area contributed by atoms with Crippen molar-refractivity contribution in [3.63, 3.8) is 0 Å². The quantitative estimate of drug-likeness (QED) is 0.380. The monoisotopic (exact) mass is 489 g/mol. The lowest BCUT2D eigenvalue weighted by Gasteiger charge is -2.34. The van der Waals surface area contributed by atoms with Crippen LogP contribution in [0.25, 0.3) is 0 Å². The van der Waals surface area contributed by atoms with Gasteiger partial charge >= 0.3 is 0 Å². The third-order valence-electron chi connectivity index (χ3n) is 4.80. The van der Waals surface area contributed by atoms with E-state index in [0.29, 0.717) is 18.2 Å². The molecule has 0 unspecified atom stereocenters. The molecule has 5 nitrogen and oxygen atoms in total. The summed E-state index contributed by atoms with van der Waals surface area (Å²) in [6.45, 7) is 5.62. The minimum Gasteiger partial charge on any atom is -0.371 e. The minimum absolute atomic E-state index is 0. The van der Waals surface area contributed by atoms with E-state index in [9.17, 15) is 0 Å². The van der Waals surface area contributed by atoms with E-state index < -0.39 is 0 Å². The second-order valence-corrected chi connectivity index (χ2v) is 6.75. The normalized spacial score (nSPS) is 14.7. The van der Waals surface area contributed by atoms with Crippen LogP contribution in [0.5, 0.6) is 0 Å². The number of para-hydroxylation sites is 1. The van der Waals surface area contributed by atoms with E-state index in [0.717, 1.165) is 44.0 Å². The van der Waals surface area contributed by atoms with E-state index in [-0.39, 0.29) is 24.0 Å². The molecule has 0 atom stereocenters. The van der Waals surface area contributed by atoms with Gasteiger partial charge in [-0.25, -0.2) is 4.99 Å². The van der Waals surface area contributed by atoms with Crippen LogP contribution in [0.2, 0.25) is 0 Å². The molecule has 0 saturated carbocycles. The molecule has 0 radical (unpaired) electrons. The Morgan fingerprint density at radius 2 is 1.79 bits per heavy atom. The fourth-order valence-electron chi connectivity index (χ4n) is 3.29. The van der Waals surface area contributed by atoms with Crippen molar-refractivity contribution in [3.8, 4) is 6.07 Å². The first-order valence-electron chi connectivity index (χ1n) is 9.62. The van der Waals surface area contributed by atoms with Crippen LogP contribution in [0.4, 0.5) is 5.69 Å². The Kier molecular flexibility index (Phi) is 9.08. The maximum absolute atomic E-state index is 8.89. The zero-order chi connectivity index (χ0) is 18.9. The predicted octanol–water partition coefficient (Wildman–Crippen LogP) is 3.90. The summed E-state index contributed by atoms with van der Waals surface area (Å²) in [4.78, 5) is 7.15. The highest BCUT2D eigenvalue weighted by atomic mass is 127. The molecule has 148 valence electrons. The molecule has 1 aliphatic rings. The molecule has 0 bridgehead atoms. The first kappa shape index (κ1) is 22.0. The van der Waals surface area contributed by atoms with Crippen molar-refractivity contribution in [2.45, 2.75) is 32.4 Å². The summed E-state index contributed by atoms with van der Waals surface area (Å²) in [5.74, 6) is 0.861. The highest BCUT2D eigenvalue weighted by molar-refractivity contribution is 14.0. The summed E-state index contributed by atoms with van der Waals surface area (Å²) in [6, 6.07) is 20.8. The Bertz CT molecular complexity index is 775. The predicted molar refractivity (Wildman–Crippen MR) is 126 cm³/mol. The third-order valence-corrected chi connectivity index (χ3v) is 4.80. The Hall–Kier alpha value is -2.27. The number of nitrogens with one attached hydrogen (secondary N) is 2. The SMILES string of the molecule is CCNC(=NCc1ccc(C#N)cc1)NC1CCN(c2ccccc2)CC1.I. The van der Waals surface area contributed by atoms with Crippen molar-refractivity contribution in [3.05, 3.63) is 65.7 Å². The van der Waals surface area contributed by atoms with Crippen molar-refractivity contribution in [1.82, 2.24) is 10.6 Å². The van der Waals surface area contributed by atoms with Crippen LogP contribution < -0.4 is 15.5 Å². The Labute approximate surface area is 184 Å². The van der Waals surface area contributed by atoms with Gasteiger partial charge in [-0.1, -0.05) is 30.3 Å². The van der Waals surface area contributed by atoms with Gasteiger partial charge in [0.2, 0.25) is 0 Å². The molecule has 0 aromatic heterocycles. The van der Waals surface area contributed by atoms with Gasteiger partial charge in [-0.2, -0.15) is 5.26 Å². The van der Waals surface area contributed by atoms with Gasteiger partial charge in [-0.05, 0) is 49.6 Å². The molecule has 1 aliphatic heterocycles. The highest BCUT2D eigenvalue weighted by Crippen LogP contribution is 2.19. The number of piperidine rings is 1. The third kappa shape index (κ3) is 6.41. The molecule has 2 N–H and O–H groups in total. The second-order valence-electron chi connectivity index (χ2n) is 6.75. The molecule has 0 spiro atoms. The molecule has 3 rings (SSSR count). The summed E-state index contributed by atoms with van der Waals surface area (Å²) >= 11 is 0. The first-order chi connectivity index (χ1) is 13.3. The number of guanidine groups is 1. The minimum atomic E-state index is 0. The largest absolute Gasteiger partial charge is 0.371 e. The summed E-state index contributed by atoms with van der Waals surface area (Å²) in [5, 5.41) is 15.8. The molecule has 2 aromatic rings. The number of benzene rings is 2. The Balaban J connectivity index is 0.00000280.